The maximum Gasteiger partial charge on any atom is 0.257 e. The predicted octanol–water partition coefficient (Wildman–Crippen LogP) is 0.0260. The molecule has 0 spiro atoms. The summed E-state index contributed by atoms with van der Waals surface area (Å²) in [4.78, 5) is 0. The van der Waals surface area contributed by atoms with Gasteiger partial charge >= 0.3 is 0 Å². The summed E-state index contributed by atoms with van der Waals surface area (Å²) >= 11 is 0. The molecule has 0 bridgehead atoms. The third-order valence-corrected chi connectivity index (χ3v) is 4.88. The van der Waals surface area contributed by atoms with Gasteiger partial charge in [0.05, 0.1) is 11.3 Å². The number of sulfonamides is 1. The summed E-state index contributed by atoms with van der Waals surface area (Å²) in [7, 11) is -3.66. The maximum atomic E-state index is 12.3. The highest BCUT2D eigenvalue weighted by Crippen LogP contribution is 2.17. The number of nitrogens with one attached hydrogen (secondary N) is 2. The summed E-state index contributed by atoms with van der Waals surface area (Å²) in [6, 6.07) is 1.54. The van der Waals surface area contributed by atoms with Gasteiger partial charge in [-0.2, -0.15) is 5.10 Å². The van der Waals surface area contributed by atoms with Crippen molar-refractivity contribution in [1.82, 2.24) is 19.8 Å². The Morgan fingerprint density at radius 2 is 2.29 bits per heavy atom. The first-order valence-corrected chi connectivity index (χ1v) is 8.32. The van der Waals surface area contributed by atoms with Gasteiger partial charge in [0, 0.05) is 19.6 Å². The van der Waals surface area contributed by atoms with Crippen LogP contribution in [0.2, 0.25) is 0 Å². The zero-order chi connectivity index (χ0) is 14.8. The lowest BCUT2D eigenvalue weighted by atomic mass is 9.95. The van der Waals surface area contributed by atoms with Gasteiger partial charge in [-0.3, -0.25) is 4.68 Å². The van der Waals surface area contributed by atoms with E-state index in [0.717, 1.165) is 13.0 Å². The minimum atomic E-state index is -3.66. The van der Waals surface area contributed by atoms with Crippen molar-refractivity contribution < 1.29 is 13.5 Å². The number of hydrogen-bond acceptors (Lipinski definition) is 5. The van der Waals surface area contributed by atoms with Gasteiger partial charge in [0.1, 0.15) is 0 Å². The Hall–Kier alpha value is -0.670. The number of hydrogen-bond donors (Lipinski definition) is 3. The van der Waals surface area contributed by atoms with Crippen LogP contribution in [0.25, 0.3) is 0 Å². The molecule has 0 aliphatic carbocycles. The average molecular weight is 339 g/mol. The Balaban J connectivity index is 0.00000220. The average Bonchev–Trinajstić information content (AvgIpc) is 2.80. The number of aromatic nitrogens is 2. The third-order valence-electron chi connectivity index (χ3n) is 3.48. The largest absolute Gasteiger partial charge is 0.387 e. The highest BCUT2D eigenvalue weighted by Gasteiger charge is 2.31. The van der Waals surface area contributed by atoms with E-state index in [4.69, 9.17) is 0 Å². The molecule has 9 heteroatoms. The van der Waals surface area contributed by atoms with Crippen LogP contribution in [0.3, 0.4) is 0 Å². The quantitative estimate of drug-likeness (QED) is 0.703. The molecule has 0 amide bonds. The van der Waals surface area contributed by atoms with E-state index in [-0.39, 0.29) is 24.0 Å². The van der Waals surface area contributed by atoms with Crippen LogP contribution < -0.4 is 10.0 Å². The number of nitrogens with zero attached hydrogens (tertiary/aromatic N) is 2. The topological polar surface area (TPSA) is 96.2 Å². The van der Waals surface area contributed by atoms with Crippen molar-refractivity contribution in [3.8, 4) is 0 Å². The normalized spacial score (nSPS) is 22.8. The second-order valence-corrected chi connectivity index (χ2v) is 6.98. The summed E-state index contributed by atoms with van der Waals surface area (Å²) in [5.74, 6) is 0. The molecule has 21 heavy (non-hydrogen) atoms. The zero-order valence-corrected chi connectivity index (χ0v) is 13.9. The SMILES string of the molecule is CCn1nc(C)cc1S(=O)(=O)NCC1(O)CCCNC1.Cl. The number of aryl methyl sites for hydroxylation is 2. The van der Waals surface area contributed by atoms with Crippen LogP contribution in [0.1, 0.15) is 25.5 Å². The molecule has 1 aromatic rings. The molecule has 1 aromatic heterocycles. The Morgan fingerprint density at radius 3 is 2.86 bits per heavy atom. The first-order valence-electron chi connectivity index (χ1n) is 6.83. The van der Waals surface area contributed by atoms with Gasteiger partial charge < -0.3 is 10.4 Å². The second-order valence-electron chi connectivity index (χ2n) is 5.27. The van der Waals surface area contributed by atoms with Crippen LogP contribution in [0, 0.1) is 6.92 Å². The van der Waals surface area contributed by atoms with E-state index in [0.29, 0.717) is 25.2 Å². The van der Waals surface area contributed by atoms with E-state index in [1.807, 2.05) is 6.92 Å². The van der Waals surface area contributed by atoms with Gasteiger partial charge in [0.15, 0.2) is 5.03 Å². The number of halogens is 1. The number of rotatable bonds is 5. The monoisotopic (exact) mass is 338 g/mol. The van der Waals surface area contributed by atoms with Crippen molar-refractivity contribution in [2.24, 2.45) is 0 Å². The smallest absolute Gasteiger partial charge is 0.257 e. The molecular weight excluding hydrogens is 316 g/mol. The molecular formula is C12H23ClN4O3S. The van der Waals surface area contributed by atoms with Crippen LogP contribution in [0.4, 0.5) is 0 Å². The van der Waals surface area contributed by atoms with E-state index in [1.165, 1.54) is 10.7 Å². The molecule has 1 aliphatic heterocycles. The minimum absolute atomic E-state index is 0. The number of aliphatic hydroxyl groups is 1. The van der Waals surface area contributed by atoms with Gasteiger partial charge in [0.25, 0.3) is 10.0 Å². The maximum absolute atomic E-state index is 12.3. The lowest BCUT2D eigenvalue weighted by Gasteiger charge is -2.32. The Bertz CT molecular complexity index is 567. The Kier molecular flexibility index (Phi) is 6.18. The summed E-state index contributed by atoms with van der Waals surface area (Å²) in [5, 5.41) is 17.7. The van der Waals surface area contributed by atoms with Crippen molar-refractivity contribution >= 4 is 22.4 Å². The molecule has 0 saturated carbocycles. The molecule has 7 nitrogen and oxygen atoms in total. The molecule has 1 unspecified atom stereocenters. The lowest BCUT2D eigenvalue weighted by Crippen LogP contribution is -2.52. The van der Waals surface area contributed by atoms with Gasteiger partial charge in [-0.25, -0.2) is 13.1 Å². The second kappa shape index (κ2) is 7.06. The van der Waals surface area contributed by atoms with Crippen LogP contribution in [-0.4, -0.2) is 48.5 Å². The van der Waals surface area contributed by atoms with Crippen LogP contribution in [-0.2, 0) is 16.6 Å². The molecule has 1 aliphatic rings. The van der Waals surface area contributed by atoms with Crippen molar-refractivity contribution in [2.75, 3.05) is 19.6 Å². The van der Waals surface area contributed by atoms with Crippen LogP contribution in [0.15, 0.2) is 11.1 Å². The third kappa shape index (κ3) is 4.40. The fourth-order valence-electron chi connectivity index (χ4n) is 2.37. The first-order chi connectivity index (χ1) is 9.36. The molecule has 1 atom stereocenters. The fourth-order valence-corrected chi connectivity index (χ4v) is 3.75. The van der Waals surface area contributed by atoms with Crippen molar-refractivity contribution in [3.63, 3.8) is 0 Å². The molecule has 2 heterocycles. The molecule has 2 rings (SSSR count). The standard InChI is InChI=1S/C12H22N4O3S.ClH/c1-3-16-11(7-10(2)15-16)20(18,19)14-9-12(17)5-4-6-13-8-12;/h7,13-14,17H,3-6,8-9H2,1-2H3;1H. The van der Waals surface area contributed by atoms with Crippen molar-refractivity contribution in [2.45, 2.75) is 43.9 Å². The van der Waals surface area contributed by atoms with Gasteiger partial charge in [-0.15, -0.1) is 12.4 Å². The molecule has 0 radical (unpaired) electrons. The van der Waals surface area contributed by atoms with Crippen molar-refractivity contribution in [3.05, 3.63) is 11.8 Å². The van der Waals surface area contributed by atoms with E-state index in [2.05, 4.69) is 15.1 Å². The van der Waals surface area contributed by atoms with Crippen LogP contribution in [0.5, 0.6) is 0 Å². The first kappa shape index (κ1) is 18.4. The molecule has 0 aromatic carbocycles. The molecule has 1 saturated heterocycles. The van der Waals surface area contributed by atoms with E-state index in [1.54, 1.807) is 6.92 Å². The zero-order valence-electron chi connectivity index (χ0n) is 12.3. The van der Waals surface area contributed by atoms with Crippen molar-refractivity contribution in [1.29, 1.82) is 0 Å². The van der Waals surface area contributed by atoms with E-state index in [9.17, 15) is 13.5 Å². The minimum Gasteiger partial charge on any atom is -0.387 e. The molecule has 1 fully saturated rings. The predicted molar refractivity (Wildman–Crippen MR) is 82.1 cm³/mol. The lowest BCUT2D eigenvalue weighted by molar-refractivity contribution is 0.0218. The Morgan fingerprint density at radius 1 is 1.57 bits per heavy atom. The fraction of sp³-hybridized carbons (Fsp3) is 0.750. The highest BCUT2D eigenvalue weighted by atomic mass is 35.5. The summed E-state index contributed by atoms with van der Waals surface area (Å²) < 4.78 is 28.6. The summed E-state index contributed by atoms with van der Waals surface area (Å²) in [6.45, 7) is 5.35. The summed E-state index contributed by atoms with van der Waals surface area (Å²) in [5.41, 5.74) is -0.359. The number of β-amino-alcohol motifs (C(OH)–C–C–N with tert-alkyl or cyclic N) is 1. The van der Waals surface area contributed by atoms with Gasteiger partial charge in [-0.1, -0.05) is 0 Å². The van der Waals surface area contributed by atoms with Gasteiger partial charge in [-0.05, 0) is 39.3 Å². The van der Waals surface area contributed by atoms with E-state index < -0.39 is 15.6 Å². The molecule has 3 N–H and O–H groups in total. The van der Waals surface area contributed by atoms with Crippen LogP contribution >= 0.6 is 12.4 Å². The molecule has 122 valence electrons. The highest BCUT2D eigenvalue weighted by molar-refractivity contribution is 7.89. The summed E-state index contributed by atoms with van der Waals surface area (Å²) in [6.07, 6.45) is 1.43. The Labute approximate surface area is 131 Å². The van der Waals surface area contributed by atoms with Gasteiger partial charge in [0.2, 0.25) is 0 Å². The number of piperidine rings is 1. The van der Waals surface area contributed by atoms with E-state index >= 15 is 0 Å².